The lowest BCUT2D eigenvalue weighted by molar-refractivity contribution is 0.102. The van der Waals surface area contributed by atoms with Gasteiger partial charge in [-0.15, -0.1) is 0 Å². The summed E-state index contributed by atoms with van der Waals surface area (Å²) >= 11 is 0. The molecule has 2 aromatic carbocycles. The summed E-state index contributed by atoms with van der Waals surface area (Å²) in [5, 5.41) is 7.97. The van der Waals surface area contributed by atoms with Crippen molar-refractivity contribution in [3.63, 3.8) is 0 Å². The first kappa shape index (κ1) is 21.1. The molecule has 0 unspecified atom stereocenters. The second kappa shape index (κ2) is 8.65. The minimum Gasteiger partial charge on any atom is -0.370 e. The van der Waals surface area contributed by atoms with Gasteiger partial charge in [0.2, 0.25) is 0 Å². The topological polar surface area (TPSA) is 63.1 Å². The van der Waals surface area contributed by atoms with Crippen LogP contribution < -0.4 is 10.2 Å². The van der Waals surface area contributed by atoms with Crippen LogP contribution in [0.15, 0.2) is 60.8 Å². The third kappa shape index (κ3) is 3.95. The van der Waals surface area contributed by atoms with Crippen LogP contribution in [0.25, 0.3) is 22.3 Å². The molecule has 0 bridgehead atoms. The molecule has 168 valence electrons. The molecule has 0 spiro atoms. The zero-order chi connectivity index (χ0) is 22.9. The highest BCUT2D eigenvalue weighted by Crippen LogP contribution is 2.33. The van der Waals surface area contributed by atoms with Gasteiger partial charge in [-0.3, -0.25) is 4.79 Å². The minimum atomic E-state index is -0.445. The van der Waals surface area contributed by atoms with Gasteiger partial charge in [0.15, 0.2) is 5.65 Å². The van der Waals surface area contributed by atoms with E-state index in [4.69, 9.17) is 4.98 Å². The summed E-state index contributed by atoms with van der Waals surface area (Å²) in [5.41, 5.74) is 3.54. The third-order valence-electron chi connectivity index (χ3n) is 6.05. The molecule has 1 amide bonds. The van der Waals surface area contributed by atoms with E-state index in [2.05, 4.69) is 15.3 Å². The normalized spacial score (nSPS) is 13.8. The van der Waals surface area contributed by atoms with Crippen LogP contribution in [0.2, 0.25) is 0 Å². The van der Waals surface area contributed by atoms with Crippen LogP contribution in [-0.2, 0) is 0 Å². The second-order valence-corrected chi connectivity index (χ2v) is 8.62. The van der Waals surface area contributed by atoms with Gasteiger partial charge in [-0.2, -0.15) is 5.10 Å². The third-order valence-corrected chi connectivity index (χ3v) is 6.05. The summed E-state index contributed by atoms with van der Waals surface area (Å²) < 4.78 is 16.7. The quantitative estimate of drug-likeness (QED) is 0.432. The highest BCUT2D eigenvalue weighted by molar-refractivity contribution is 6.13. The van der Waals surface area contributed by atoms with Crippen LogP contribution in [0.5, 0.6) is 0 Å². The molecule has 1 saturated heterocycles. The smallest absolute Gasteiger partial charge is 0.256 e. The number of rotatable bonds is 5. The van der Waals surface area contributed by atoms with Crippen molar-refractivity contribution >= 4 is 28.3 Å². The SMILES string of the molecule is CC(C)n1ncc2c(C(=O)Nc3c(F)cccc3N3CCCC3)cc(-c3ccccc3)nc21. The molecular weight excluding hydrogens is 417 g/mol. The number of aromatic nitrogens is 3. The molecule has 0 aliphatic carbocycles. The molecule has 1 fully saturated rings. The van der Waals surface area contributed by atoms with E-state index in [1.807, 2.05) is 50.2 Å². The number of amides is 1. The maximum atomic E-state index is 14.9. The molecule has 3 heterocycles. The van der Waals surface area contributed by atoms with E-state index in [9.17, 15) is 9.18 Å². The summed E-state index contributed by atoms with van der Waals surface area (Å²) in [5.74, 6) is -0.826. The number of halogens is 1. The number of hydrogen-bond donors (Lipinski definition) is 1. The van der Waals surface area contributed by atoms with Crippen LogP contribution in [0, 0.1) is 5.82 Å². The van der Waals surface area contributed by atoms with Gasteiger partial charge in [-0.25, -0.2) is 14.1 Å². The molecule has 6 nitrogen and oxygen atoms in total. The maximum absolute atomic E-state index is 14.9. The zero-order valence-electron chi connectivity index (χ0n) is 18.8. The van der Waals surface area contributed by atoms with E-state index < -0.39 is 5.82 Å². The van der Waals surface area contributed by atoms with Gasteiger partial charge in [0.1, 0.15) is 11.5 Å². The minimum absolute atomic E-state index is 0.0743. The maximum Gasteiger partial charge on any atom is 0.256 e. The first-order valence-corrected chi connectivity index (χ1v) is 11.3. The van der Waals surface area contributed by atoms with Gasteiger partial charge in [0.05, 0.1) is 28.5 Å². The average molecular weight is 444 g/mol. The number of pyridine rings is 1. The first-order valence-electron chi connectivity index (χ1n) is 11.3. The van der Waals surface area contributed by atoms with Gasteiger partial charge in [-0.1, -0.05) is 36.4 Å². The fourth-order valence-electron chi connectivity index (χ4n) is 4.38. The Hall–Kier alpha value is -3.74. The number of nitrogens with zero attached hydrogens (tertiary/aromatic N) is 4. The fraction of sp³-hybridized carbons (Fsp3) is 0.269. The molecule has 4 aromatic rings. The number of carbonyl (C=O) groups is 1. The van der Waals surface area contributed by atoms with Crippen LogP contribution in [0.1, 0.15) is 43.1 Å². The van der Waals surface area contributed by atoms with Gasteiger partial charge >= 0.3 is 0 Å². The Morgan fingerprint density at radius 1 is 1.06 bits per heavy atom. The monoisotopic (exact) mass is 443 g/mol. The molecule has 1 aliphatic heterocycles. The largest absolute Gasteiger partial charge is 0.370 e. The van der Waals surface area contributed by atoms with Crippen molar-refractivity contribution in [3.8, 4) is 11.3 Å². The summed E-state index contributed by atoms with van der Waals surface area (Å²) in [4.78, 5) is 20.5. The highest BCUT2D eigenvalue weighted by Gasteiger charge is 2.23. The zero-order valence-corrected chi connectivity index (χ0v) is 18.8. The first-order chi connectivity index (χ1) is 16.0. The fourth-order valence-corrected chi connectivity index (χ4v) is 4.38. The standard InChI is InChI=1S/C26H26FN5O/c1-17(2)32-25-20(16-28-32)19(15-22(29-25)18-9-4-3-5-10-18)26(33)30-24-21(27)11-8-12-23(24)31-13-6-7-14-31/h3-5,8-12,15-17H,6-7,13-14H2,1-2H3,(H,30,33). The van der Waals surface area contributed by atoms with Crippen molar-refractivity contribution in [2.24, 2.45) is 0 Å². The van der Waals surface area contributed by atoms with Gasteiger partial charge in [0, 0.05) is 24.7 Å². The number of para-hydroxylation sites is 1. The number of benzene rings is 2. The van der Waals surface area contributed by atoms with Crippen molar-refractivity contribution in [2.75, 3.05) is 23.3 Å². The van der Waals surface area contributed by atoms with E-state index in [1.54, 1.807) is 23.0 Å². The lowest BCUT2D eigenvalue weighted by Gasteiger charge is -2.22. The number of fused-ring (bicyclic) bond motifs is 1. The molecule has 0 saturated carbocycles. The van der Waals surface area contributed by atoms with Crippen LogP contribution in [0.3, 0.4) is 0 Å². The molecule has 7 heteroatoms. The van der Waals surface area contributed by atoms with Crippen molar-refractivity contribution in [1.29, 1.82) is 0 Å². The van der Waals surface area contributed by atoms with E-state index in [0.29, 0.717) is 28.0 Å². The molecule has 1 N–H and O–H groups in total. The number of nitrogens with one attached hydrogen (secondary N) is 1. The summed E-state index contributed by atoms with van der Waals surface area (Å²) in [6, 6.07) is 16.5. The number of hydrogen-bond acceptors (Lipinski definition) is 4. The molecule has 33 heavy (non-hydrogen) atoms. The van der Waals surface area contributed by atoms with Crippen molar-refractivity contribution < 1.29 is 9.18 Å². The van der Waals surface area contributed by atoms with Gasteiger partial charge in [0.25, 0.3) is 5.91 Å². The predicted molar refractivity (Wildman–Crippen MR) is 129 cm³/mol. The predicted octanol–water partition coefficient (Wildman–Crippen LogP) is 5.67. The van der Waals surface area contributed by atoms with Crippen LogP contribution in [-0.4, -0.2) is 33.8 Å². The van der Waals surface area contributed by atoms with Crippen molar-refractivity contribution in [1.82, 2.24) is 14.8 Å². The summed E-state index contributed by atoms with van der Waals surface area (Å²) in [6.45, 7) is 5.74. The second-order valence-electron chi connectivity index (χ2n) is 8.62. The van der Waals surface area contributed by atoms with Gasteiger partial charge < -0.3 is 10.2 Å². The number of anilines is 2. The average Bonchev–Trinajstić information content (AvgIpc) is 3.50. The van der Waals surface area contributed by atoms with E-state index in [0.717, 1.165) is 31.5 Å². The Kier molecular flexibility index (Phi) is 5.54. The lowest BCUT2D eigenvalue weighted by Crippen LogP contribution is -2.22. The lowest BCUT2D eigenvalue weighted by atomic mass is 10.1. The van der Waals surface area contributed by atoms with Gasteiger partial charge in [-0.05, 0) is 44.9 Å². The number of carbonyl (C=O) groups excluding carboxylic acids is 1. The Bertz CT molecular complexity index is 1310. The highest BCUT2D eigenvalue weighted by atomic mass is 19.1. The van der Waals surface area contributed by atoms with Crippen LogP contribution in [0.4, 0.5) is 15.8 Å². The molecule has 0 radical (unpaired) electrons. The van der Waals surface area contributed by atoms with E-state index in [1.165, 1.54) is 6.07 Å². The molecule has 0 atom stereocenters. The van der Waals surface area contributed by atoms with E-state index in [-0.39, 0.29) is 17.6 Å². The Morgan fingerprint density at radius 3 is 2.55 bits per heavy atom. The molecule has 5 rings (SSSR count). The van der Waals surface area contributed by atoms with Crippen LogP contribution >= 0.6 is 0 Å². The molecule has 1 aliphatic rings. The van der Waals surface area contributed by atoms with Crippen molar-refractivity contribution in [3.05, 3.63) is 72.2 Å². The Labute approximate surface area is 192 Å². The molecular formula is C26H26FN5O. The van der Waals surface area contributed by atoms with Crippen molar-refractivity contribution in [2.45, 2.75) is 32.7 Å². The summed E-state index contributed by atoms with van der Waals surface area (Å²) in [6.07, 6.45) is 3.78. The Morgan fingerprint density at radius 2 is 1.82 bits per heavy atom. The molecule has 2 aromatic heterocycles. The summed E-state index contributed by atoms with van der Waals surface area (Å²) in [7, 11) is 0. The van der Waals surface area contributed by atoms with E-state index >= 15 is 0 Å². The Balaban J connectivity index is 1.61.